The van der Waals surface area contributed by atoms with Gasteiger partial charge in [0.25, 0.3) is 0 Å². The zero-order valence-corrected chi connectivity index (χ0v) is 14.5. The van der Waals surface area contributed by atoms with Crippen LogP contribution in [0.25, 0.3) is 0 Å². The van der Waals surface area contributed by atoms with Gasteiger partial charge in [-0.3, -0.25) is 14.9 Å². The molecule has 0 aliphatic carbocycles. The molecule has 1 saturated heterocycles. The first-order chi connectivity index (χ1) is 11.2. The summed E-state index contributed by atoms with van der Waals surface area (Å²) < 4.78 is 5.76. The normalized spacial score (nSPS) is 22.8. The summed E-state index contributed by atoms with van der Waals surface area (Å²) in [6, 6.07) is 5.91. The molecule has 1 aliphatic heterocycles. The van der Waals surface area contributed by atoms with Crippen LogP contribution in [0, 0.1) is 0 Å². The summed E-state index contributed by atoms with van der Waals surface area (Å²) in [5, 5.41) is 6.64. The molecule has 0 radical (unpaired) electrons. The van der Waals surface area contributed by atoms with E-state index in [0.29, 0.717) is 18.8 Å². The van der Waals surface area contributed by atoms with Gasteiger partial charge in [0.2, 0.25) is 0 Å². The van der Waals surface area contributed by atoms with Gasteiger partial charge in [0, 0.05) is 39.4 Å². The Morgan fingerprint density at radius 2 is 2.09 bits per heavy atom. The summed E-state index contributed by atoms with van der Waals surface area (Å²) in [6.07, 6.45) is 3.56. The van der Waals surface area contributed by atoms with Crippen molar-refractivity contribution in [1.82, 2.24) is 20.5 Å². The van der Waals surface area contributed by atoms with Crippen molar-refractivity contribution in [3.63, 3.8) is 0 Å². The number of morpholine rings is 1. The van der Waals surface area contributed by atoms with Gasteiger partial charge in [0.1, 0.15) is 0 Å². The summed E-state index contributed by atoms with van der Waals surface area (Å²) in [4.78, 5) is 11.0. The van der Waals surface area contributed by atoms with Gasteiger partial charge in [-0.25, -0.2) is 0 Å². The van der Waals surface area contributed by atoms with Gasteiger partial charge in [-0.2, -0.15) is 0 Å². The van der Waals surface area contributed by atoms with Gasteiger partial charge in [-0.15, -0.1) is 0 Å². The lowest BCUT2D eigenvalue weighted by atomic mass is 10.2. The summed E-state index contributed by atoms with van der Waals surface area (Å²) in [5.74, 6) is 0.819. The number of guanidine groups is 1. The Labute approximate surface area is 139 Å². The molecule has 1 aromatic heterocycles. The molecule has 0 spiro atoms. The summed E-state index contributed by atoms with van der Waals surface area (Å²) in [6.45, 7) is 9.01. The van der Waals surface area contributed by atoms with Crippen molar-refractivity contribution >= 4 is 5.96 Å². The third-order valence-electron chi connectivity index (χ3n) is 3.83. The molecule has 0 aromatic carbocycles. The third kappa shape index (κ3) is 6.54. The fraction of sp³-hybridized carbons (Fsp3) is 0.647. The van der Waals surface area contributed by atoms with Crippen molar-refractivity contribution in [2.75, 3.05) is 33.2 Å². The van der Waals surface area contributed by atoms with E-state index < -0.39 is 0 Å². The quantitative estimate of drug-likeness (QED) is 0.469. The molecule has 23 heavy (non-hydrogen) atoms. The van der Waals surface area contributed by atoms with E-state index >= 15 is 0 Å². The minimum absolute atomic E-state index is 0.333. The average molecular weight is 319 g/mol. The highest BCUT2D eigenvalue weighted by Crippen LogP contribution is 2.10. The van der Waals surface area contributed by atoms with Crippen LogP contribution < -0.4 is 10.6 Å². The van der Waals surface area contributed by atoms with Crippen LogP contribution in [0.4, 0.5) is 0 Å². The van der Waals surface area contributed by atoms with Crippen LogP contribution in [-0.2, 0) is 11.3 Å². The van der Waals surface area contributed by atoms with Crippen LogP contribution in [-0.4, -0.2) is 61.3 Å². The summed E-state index contributed by atoms with van der Waals surface area (Å²) >= 11 is 0. The van der Waals surface area contributed by atoms with Crippen molar-refractivity contribution in [3.05, 3.63) is 30.1 Å². The van der Waals surface area contributed by atoms with Crippen molar-refractivity contribution in [2.24, 2.45) is 4.99 Å². The van der Waals surface area contributed by atoms with E-state index in [-0.39, 0.29) is 0 Å². The predicted molar refractivity (Wildman–Crippen MR) is 93.5 cm³/mol. The second kappa shape index (κ2) is 9.47. The highest BCUT2D eigenvalue weighted by atomic mass is 16.5. The standard InChI is InChI=1S/C17H29N5O/c1-14-12-22(13-15(2)23-14)10-6-9-20-17(18-3)21-11-16-7-4-5-8-19-16/h4-5,7-8,14-15H,6,9-13H2,1-3H3,(H2,18,20,21). The Bertz CT molecular complexity index is 469. The van der Waals surface area contributed by atoms with Crippen LogP contribution in [0.5, 0.6) is 0 Å². The number of nitrogens with one attached hydrogen (secondary N) is 2. The summed E-state index contributed by atoms with van der Waals surface area (Å²) in [7, 11) is 1.79. The Kier molecular flexibility index (Phi) is 7.29. The molecule has 2 N–H and O–H groups in total. The monoisotopic (exact) mass is 319 g/mol. The number of rotatable bonds is 6. The SMILES string of the molecule is CN=C(NCCCN1CC(C)OC(C)C1)NCc1ccccn1. The Balaban J connectivity index is 1.62. The van der Waals surface area contributed by atoms with Crippen LogP contribution in [0.3, 0.4) is 0 Å². The van der Waals surface area contributed by atoms with E-state index in [9.17, 15) is 0 Å². The highest BCUT2D eigenvalue weighted by Gasteiger charge is 2.21. The zero-order chi connectivity index (χ0) is 16.5. The number of nitrogens with zero attached hydrogens (tertiary/aromatic N) is 3. The molecule has 0 saturated carbocycles. The second-order valence-corrected chi connectivity index (χ2v) is 6.04. The smallest absolute Gasteiger partial charge is 0.191 e. The minimum Gasteiger partial charge on any atom is -0.373 e. The molecule has 6 heteroatoms. The van der Waals surface area contributed by atoms with E-state index in [1.165, 1.54) is 0 Å². The number of aromatic nitrogens is 1. The molecule has 128 valence electrons. The molecule has 1 aromatic rings. The van der Waals surface area contributed by atoms with Crippen LogP contribution in [0.1, 0.15) is 26.0 Å². The average Bonchev–Trinajstić information content (AvgIpc) is 2.54. The van der Waals surface area contributed by atoms with Crippen molar-refractivity contribution < 1.29 is 4.74 Å². The first-order valence-electron chi connectivity index (χ1n) is 8.39. The van der Waals surface area contributed by atoms with Crippen molar-refractivity contribution in [1.29, 1.82) is 0 Å². The highest BCUT2D eigenvalue weighted by molar-refractivity contribution is 5.79. The van der Waals surface area contributed by atoms with Gasteiger partial charge in [-0.05, 0) is 32.4 Å². The predicted octanol–water partition coefficient (Wildman–Crippen LogP) is 1.25. The number of ether oxygens (including phenoxy) is 1. The molecule has 0 bridgehead atoms. The molecular formula is C17H29N5O. The summed E-state index contributed by atoms with van der Waals surface area (Å²) in [5.41, 5.74) is 1.01. The lowest BCUT2D eigenvalue weighted by Gasteiger charge is -2.35. The largest absolute Gasteiger partial charge is 0.373 e. The number of hydrogen-bond donors (Lipinski definition) is 2. The minimum atomic E-state index is 0.333. The fourth-order valence-electron chi connectivity index (χ4n) is 2.87. The molecule has 2 unspecified atom stereocenters. The maximum absolute atomic E-state index is 5.76. The van der Waals surface area contributed by atoms with E-state index in [4.69, 9.17) is 4.74 Å². The topological polar surface area (TPSA) is 61.8 Å². The molecule has 0 amide bonds. The maximum atomic E-state index is 5.76. The first kappa shape index (κ1) is 17.7. The molecule has 1 fully saturated rings. The lowest BCUT2D eigenvalue weighted by Crippen LogP contribution is -2.46. The molecular weight excluding hydrogens is 290 g/mol. The van der Waals surface area contributed by atoms with E-state index in [2.05, 4.69) is 39.4 Å². The Hall–Kier alpha value is -1.66. The lowest BCUT2D eigenvalue weighted by molar-refractivity contribution is -0.0679. The van der Waals surface area contributed by atoms with Crippen molar-refractivity contribution in [2.45, 2.75) is 39.0 Å². The fourth-order valence-corrected chi connectivity index (χ4v) is 2.87. The van der Waals surface area contributed by atoms with E-state index in [1.807, 2.05) is 18.2 Å². The zero-order valence-electron chi connectivity index (χ0n) is 14.5. The van der Waals surface area contributed by atoms with E-state index in [1.54, 1.807) is 13.2 Å². The molecule has 2 rings (SSSR count). The van der Waals surface area contributed by atoms with Crippen LogP contribution >= 0.6 is 0 Å². The Morgan fingerprint density at radius 3 is 2.74 bits per heavy atom. The van der Waals surface area contributed by atoms with Gasteiger partial charge in [0.15, 0.2) is 5.96 Å². The number of hydrogen-bond acceptors (Lipinski definition) is 4. The van der Waals surface area contributed by atoms with Gasteiger partial charge in [0.05, 0.1) is 24.4 Å². The third-order valence-corrected chi connectivity index (χ3v) is 3.83. The van der Waals surface area contributed by atoms with Gasteiger partial charge < -0.3 is 15.4 Å². The number of aliphatic imine (C=N–C) groups is 1. The first-order valence-corrected chi connectivity index (χ1v) is 8.39. The second-order valence-electron chi connectivity index (χ2n) is 6.04. The Morgan fingerprint density at radius 1 is 1.30 bits per heavy atom. The van der Waals surface area contributed by atoms with Crippen LogP contribution in [0.2, 0.25) is 0 Å². The maximum Gasteiger partial charge on any atom is 0.191 e. The van der Waals surface area contributed by atoms with Crippen molar-refractivity contribution in [3.8, 4) is 0 Å². The molecule has 2 heterocycles. The number of pyridine rings is 1. The van der Waals surface area contributed by atoms with Crippen LogP contribution in [0.15, 0.2) is 29.4 Å². The van der Waals surface area contributed by atoms with E-state index in [0.717, 1.165) is 44.3 Å². The molecule has 2 atom stereocenters. The van der Waals surface area contributed by atoms with Gasteiger partial charge in [-0.1, -0.05) is 6.07 Å². The van der Waals surface area contributed by atoms with Gasteiger partial charge >= 0.3 is 0 Å². The molecule has 6 nitrogen and oxygen atoms in total. The molecule has 1 aliphatic rings.